The van der Waals surface area contributed by atoms with Crippen molar-refractivity contribution in [2.24, 2.45) is 0 Å². The minimum Gasteiger partial charge on any atom is -0.493 e. The smallest absolute Gasteiger partial charge is 0.271 e. The van der Waals surface area contributed by atoms with Crippen molar-refractivity contribution < 1.29 is 23.9 Å². The Bertz CT molecular complexity index is 751. The molecule has 0 bridgehead atoms. The molecule has 2 aromatic carbocycles. The Labute approximate surface area is 142 Å². The number of nitro benzene ring substituents is 1. The molecule has 1 heterocycles. The molecule has 0 fully saturated rings. The molecule has 0 spiro atoms. The average Bonchev–Trinajstić information content (AvgIpc) is 3.03. The van der Waals surface area contributed by atoms with Gasteiger partial charge in [0.2, 0.25) is 6.79 Å². The lowest BCUT2D eigenvalue weighted by molar-refractivity contribution is -0.384. The maximum absolute atomic E-state index is 10.6. The normalized spacial score (nSPS) is 12.0. The second kappa shape index (κ2) is 7.27. The first-order chi connectivity index (χ1) is 11.6. The van der Waals surface area contributed by atoms with E-state index in [9.17, 15) is 10.1 Å². The topological polar surface area (TPSA) is 80.1 Å². The van der Waals surface area contributed by atoms with Crippen molar-refractivity contribution in [2.45, 2.75) is 6.42 Å². The number of halogens is 1. The maximum atomic E-state index is 10.6. The van der Waals surface area contributed by atoms with E-state index in [1.165, 1.54) is 18.2 Å². The second-order valence-electron chi connectivity index (χ2n) is 4.94. The molecule has 0 saturated heterocycles. The zero-order valence-electron chi connectivity index (χ0n) is 12.6. The van der Waals surface area contributed by atoms with Gasteiger partial charge < -0.3 is 18.9 Å². The van der Waals surface area contributed by atoms with Crippen LogP contribution in [-0.2, 0) is 0 Å². The number of nitrogens with zero attached hydrogens (tertiary/aromatic N) is 1. The predicted octanol–water partition coefficient (Wildman–Crippen LogP) is 3.82. The number of ether oxygens (including phenoxy) is 4. The van der Waals surface area contributed by atoms with Gasteiger partial charge in [-0.2, -0.15) is 0 Å². The van der Waals surface area contributed by atoms with Crippen molar-refractivity contribution in [3.8, 4) is 23.0 Å². The van der Waals surface area contributed by atoms with Gasteiger partial charge in [-0.15, -0.1) is 0 Å². The Kier molecular flexibility index (Phi) is 4.90. The van der Waals surface area contributed by atoms with Gasteiger partial charge in [-0.3, -0.25) is 10.1 Å². The van der Waals surface area contributed by atoms with Crippen molar-refractivity contribution >= 4 is 17.3 Å². The summed E-state index contributed by atoms with van der Waals surface area (Å²) in [6.07, 6.45) is 0.627. The van der Waals surface area contributed by atoms with Crippen LogP contribution >= 0.6 is 11.6 Å². The van der Waals surface area contributed by atoms with Crippen LogP contribution in [0, 0.1) is 10.1 Å². The number of hydrogen-bond acceptors (Lipinski definition) is 6. The third kappa shape index (κ3) is 3.80. The summed E-state index contributed by atoms with van der Waals surface area (Å²) >= 11 is 5.95. The molecule has 0 radical (unpaired) electrons. The first kappa shape index (κ1) is 16.2. The van der Waals surface area contributed by atoms with E-state index < -0.39 is 4.92 Å². The number of nitro groups is 1. The van der Waals surface area contributed by atoms with E-state index in [1.807, 2.05) is 6.07 Å². The summed E-state index contributed by atoms with van der Waals surface area (Å²) in [5.74, 6) is 2.47. The average molecular weight is 352 g/mol. The predicted molar refractivity (Wildman–Crippen MR) is 86.3 cm³/mol. The van der Waals surface area contributed by atoms with Crippen LogP contribution in [0.15, 0.2) is 36.4 Å². The summed E-state index contributed by atoms with van der Waals surface area (Å²) in [5.41, 5.74) is -0.0708. The molecule has 24 heavy (non-hydrogen) atoms. The zero-order chi connectivity index (χ0) is 16.9. The lowest BCUT2D eigenvalue weighted by atomic mass is 10.3. The van der Waals surface area contributed by atoms with Crippen molar-refractivity contribution in [3.63, 3.8) is 0 Å². The van der Waals surface area contributed by atoms with Crippen molar-refractivity contribution in [1.82, 2.24) is 0 Å². The number of non-ortho nitro benzene ring substituents is 1. The molecule has 0 aromatic heterocycles. The molecule has 0 atom stereocenters. The minimum atomic E-state index is -0.505. The maximum Gasteiger partial charge on any atom is 0.271 e. The third-order valence-electron chi connectivity index (χ3n) is 3.29. The molecule has 2 aromatic rings. The lowest BCUT2D eigenvalue weighted by Gasteiger charge is -2.09. The molecule has 3 rings (SSSR count). The van der Waals surface area contributed by atoms with Crippen LogP contribution in [0.4, 0.5) is 5.69 Å². The fourth-order valence-corrected chi connectivity index (χ4v) is 2.35. The van der Waals surface area contributed by atoms with Gasteiger partial charge in [0.1, 0.15) is 11.5 Å². The first-order valence-electron chi connectivity index (χ1n) is 7.23. The molecular formula is C16H14ClNO6. The van der Waals surface area contributed by atoms with E-state index in [-0.39, 0.29) is 17.5 Å². The number of benzene rings is 2. The molecular weight excluding hydrogens is 338 g/mol. The van der Waals surface area contributed by atoms with Crippen LogP contribution < -0.4 is 18.9 Å². The summed E-state index contributed by atoms with van der Waals surface area (Å²) < 4.78 is 21.6. The fraction of sp³-hybridized carbons (Fsp3) is 0.250. The Hall–Kier alpha value is -2.67. The molecule has 126 valence electrons. The van der Waals surface area contributed by atoms with Gasteiger partial charge in [-0.25, -0.2) is 0 Å². The quantitative estimate of drug-likeness (QED) is 0.428. The van der Waals surface area contributed by atoms with Gasteiger partial charge in [0, 0.05) is 24.6 Å². The SMILES string of the molecule is O=[N+]([O-])c1ccc(OCCCOc2ccc3c(c2)OCO3)c(Cl)c1. The van der Waals surface area contributed by atoms with Crippen LogP contribution in [0.2, 0.25) is 5.02 Å². The molecule has 8 heteroatoms. The molecule has 1 aliphatic rings. The number of fused-ring (bicyclic) bond motifs is 1. The van der Waals surface area contributed by atoms with Crippen LogP contribution in [-0.4, -0.2) is 24.9 Å². The Balaban J connectivity index is 1.43. The molecule has 0 saturated carbocycles. The Morgan fingerprint density at radius 2 is 1.88 bits per heavy atom. The minimum absolute atomic E-state index is 0.0708. The highest BCUT2D eigenvalue weighted by Gasteiger charge is 2.13. The summed E-state index contributed by atoms with van der Waals surface area (Å²) in [4.78, 5) is 10.1. The highest BCUT2D eigenvalue weighted by Crippen LogP contribution is 2.35. The molecule has 7 nitrogen and oxygen atoms in total. The first-order valence-corrected chi connectivity index (χ1v) is 7.60. The molecule has 0 unspecified atom stereocenters. The summed E-state index contributed by atoms with van der Waals surface area (Å²) in [5, 5.41) is 10.9. The number of rotatable bonds is 7. The van der Waals surface area contributed by atoms with Crippen LogP contribution in [0.25, 0.3) is 0 Å². The van der Waals surface area contributed by atoms with Crippen LogP contribution in [0.1, 0.15) is 6.42 Å². The van der Waals surface area contributed by atoms with Crippen molar-refractivity contribution in [2.75, 3.05) is 20.0 Å². The summed E-state index contributed by atoms with van der Waals surface area (Å²) in [6, 6.07) is 9.48. The highest BCUT2D eigenvalue weighted by atomic mass is 35.5. The van der Waals surface area contributed by atoms with Crippen molar-refractivity contribution in [1.29, 1.82) is 0 Å². The molecule has 1 aliphatic heterocycles. The third-order valence-corrected chi connectivity index (χ3v) is 3.58. The molecule has 0 amide bonds. The van der Waals surface area contributed by atoms with E-state index in [2.05, 4.69) is 0 Å². The van der Waals surface area contributed by atoms with Crippen LogP contribution in [0.3, 0.4) is 0 Å². The van der Waals surface area contributed by atoms with Gasteiger partial charge in [0.05, 0.1) is 23.2 Å². The summed E-state index contributed by atoms with van der Waals surface area (Å²) in [7, 11) is 0. The van der Waals surface area contributed by atoms with E-state index >= 15 is 0 Å². The van der Waals surface area contributed by atoms with E-state index in [4.69, 9.17) is 30.5 Å². The molecule has 0 aliphatic carbocycles. The summed E-state index contributed by atoms with van der Waals surface area (Å²) in [6.45, 7) is 1.05. The zero-order valence-corrected chi connectivity index (χ0v) is 13.3. The largest absolute Gasteiger partial charge is 0.493 e. The second-order valence-corrected chi connectivity index (χ2v) is 5.34. The van der Waals surface area contributed by atoms with Gasteiger partial charge in [-0.1, -0.05) is 11.6 Å². The lowest BCUT2D eigenvalue weighted by Crippen LogP contribution is -2.05. The van der Waals surface area contributed by atoms with Gasteiger partial charge in [0.25, 0.3) is 5.69 Å². The molecule has 0 N–H and O–H groups in total. The standard InChI is InChI=1S/C16H14ClNO6/c17-13-8-11(18(19)20)2-4-14(13)22-7-1-6-21-12-3-5-15-16(9-12)24-10-23-15/h2-5,8-9H,1,6-7,10H2. The Morgan fingerprint density at radius 3 is 2.67 bits per heavy atom. The van der Waals surface area contributed by atoms with Crippen molar-refractivity contribution in [3.05, 3.63) is 51.5 Å². The van der Waals surface area contributed by atoms with Gasteiger partial charge in [-0.05, 0) is 18.2 Å². The van der Waals surface area contributed by atoms with Crippen LogP contribution in [0.5, 0.6) is 23.0 Å². The Morgan fingerprint density at radius 1 is 1.08 bits per heavy atom. The monoisotopic (exact) mass is 351 g/mol. The van der Waals surface area contributed by atoms with Gasteiger partial charge in [0.15, 0.2) is 11.5 Å². The fourth-order valence-electron chi connectivity index (χ4n) is 2.12. The number of hydrogen-bond donors (Lipinski definition) is 0. The van der Waals surface area contributed by atoms with E-state index in [0.29, 0.717) is 42.6 Å². The van der Waals surface area contributed by atoms with E-state index in [0.717, 1.165) is 0 Å². The van der Waals surface area contributed by atoms with E-state index in [1.54, 1.807) is 12.1 Å². The highest BCUT2D eigenvalue weighted by molar-refractivity contribution is 6.32. The van der Waals surface area contributed by atoms with Gasteiger partial charge >= 0.3 is 0 Å².